The van der Waals surface area contributed by atoms with E-state index in [9.17, 15) is 5.11 Å². The first-order valence-electron chi connectivity index (χ1n) is 11.6. The van der Waals surface area contributed by atoms with E-state index in [4.69, 9.17) is 14.5 Å². The van der Waals surface area contributed by atoms with Crippen molar-refractivity contribution in [2.75, 3.05) is 38.2 Å². The zero-order valence-electron chi connectivity index (χ0n) is 18.8. The third-order valence-corrected chi connectivity index (χ3v) is 5.76. The van der Waals surface area contributed by atoms with Crippen molar-refractivity contribution < 1.29 is 14.6 Å². The number of aliphatic hydroxyl groups is 1. The van der Waals surface area contributed by atoms with Crippen molar-refractivity contribution in [3.05, 3.63) is 53.6 Å². The molecule has 2 aromatic rings. The number of hydrogen-bond donors (Lipinski definition) is 3. The molecule has 2 aliphatic heterocycles. The van der Waals surface area contributed by atoms with Crippen LogP contribution in [0, 0.1) is 0 Å². The molecule has 2 heterocycles. The Kier molecular flexibility index (Phi) is 7.85. The molecule has 3 N–H and O–H groups in total. The van der Waals surface area contributed by atoms with Gasteiger partial charge in [-0.15, -0.1) is 0 Å². The number of nitrogens with one attached hydrogen (secondary N) is 2. The Bertz CT molecular complexity index is 893. The van der Waals surface area contributed by atoms with Crippen LogP contribution in [-0.2, 0) is 13.1 Å². The van der Waals surface area contributed by atoms with Crippen LogP contribution in [0.5, 0.6) is 11.5 Å². The van der Waals surface area contributed by atoms with Crippen LogP contribution in [0.1, 0.15) is 37.3 Å². The maximum atomic E-state index is 9.67. The average Bonchev–Trinajstić information content (AvgIpc) is 3.05. The molecule has 0 radical (unpaired) electrons. The van der Waals surface area contributed by atoms with Gasteiger partial charge in [0.1, 0.15) is 0 Å². The zero-order chi connectivity index (χ0) is 22.2. The Morgan fingerprint density at radius 2 is 1.75 bits per heavy atom. The molecule has 2 aliphatic rings. The van der Waals surface area contributed by atoms with Gasteiger partial charge in [0.25, 0.3) is 0 Å². The first-order chi connectivity index (χ1) is 15.7. The van der Waals surface area contributed by atoms with E-state index in [1.165, 1.54) is 11.1 Å². The minimum Gasteiger partial charge on any atom is -0.490 e. The number of nitrogens with zero attached hydrogens (tertiary/aromatic N) is 2. The lowest BCUT2D eigenvalue weighted by atomic mass is 10.1. The summed E-state index contributed by atoms with van der Waals surface area (Å²) < 4.78 is 11.5. The second kappa shape index (κ2) is 11.2. The fourth-order valence-electron chi connectivity index (χ4n) is 3.94. The van der Waals surface area contributed by atoms with E-state index in [-0.39, 0.29) is 6.10 Å². The van der Waals surface area contributed by atoms with Crippen molar-refractivity contribution >= 4 is 11.6 Å². The molecule has 0 atom stereocenters. The van der Waals surface area contributed by atoms with Crippen molar-refractivity contribution in [3.8, 4) is 11.5 Å². The number of aliphatic hydroxyl groups excluding tert-OH is 1. The molecular weight excluding hydrogens is 404 g/mol. The summed E-state index contributed by atoms with van der Waals surface area (Å²) >= 11 is 0. The van der Waals surface area contributed by atoms with Crippen molar-refractivity contribution in [1.82, 2.24) is 10.2 Å². The highest BCUT2D eigenvalue weighted by atomic mass is 16.5. The molecule has 0 saturated carbocycles. The van der Waals surface area contributed by atoms with E-state index in [1.807, 2.05) is 18.2 Å². The van der Waals surface area contributed by atoms with Gasteiger partial charge in [-0.25, -0.2) is 4.99 Å². The van der Waals surface area contributed by atoms with E-state index in [1.54, 1.807) is 0 Å². The summed E-state index contributed by atoms with van der Waals surface area (Å²) in [4.78, 5) is 7.15. The molecule has 0 amide bonds. The lowest BCUT2D eigenvalue weighted by molar-refractivity contribution is 0.0792. The van der Waals surface area contributed by atoms with Crippen LogP contribution >= 0.6 is 0 Å². The molecule has 4 rings (SSSR count). The lowest BCUT2D eigenvalue weighted by Crippen LogP contribution is -2.35. The highest BCUT2D eigenvalue weighted by Gasteiger charge is 2.16. The van der Waals surface area contributed by atoms with Crippen molar-refractivity contribution in [2.45, 2.75) is 45.4 Å². The predicted octanol–water partition coefficient (Wildman–Crippen LogP) is 3.38. The topological polar surface area (TPSA) is 78.4 Å². The minimum absolute atomic E-state index is 0.127. The fraction of sp³-hybridized carbons (Fsp3) is 0.480. The summed E-state index contributed by atoms with van der Waals surface area (Å²) in [5.41, 5.74) is 3.38. The van der Waals surface area contributed by atoms with Gasteiger partial charge < -0.3 is 25.2 Å². The SMILES string of the molecule is CCNC(=NCc1ccc(CN2CCC(O)CC2)cc1)Nc1ccc2c(c1)OCCCO2. The summed E-state index contributed by atoms with van der Waals surface area (Å²) in [5.74, 6) is 2.29. The molecule has 7 nitrogen and oxygen atoms in total. The average molecular weight is 439 g/mol. The zero-order valence-corrected chi connectivity index (χ0v) is 18.8. The standard InChI is InChI=1S/C25H34N4O3/c1-2-26-25(28-21-8-9-23-24(16-21)32-15-3-14-31-23)27-17-19-4-6-20(7-5-19)18-29-12-10-22(30)11-13-29/h4-9,16,22,30H,2-3,10-15,17-18H2,1H3,(H2,26,27,28). The van der Waals surface area contributed by atoms with Crippen molar-refractivity contribution in [1.29, 1.82) is 0 Å². The lowest BCUT2D eigenvalue weighted by Gasteiger charge is -2.29. The highest BCUT2D eigenvalue weighted by Crippen LogP contribution is 2.32. The Morgan fingerprint density at radius 1 is 1.03 bits per heavy atom. The van der Waals surface area contributed by atoms with Gasteiger partial charge in [-0.05, 0) is 43.0 Å². The van der Waals surface area contributed by atoms with Crippen molar-refractivity contribution in [3.63, 3.8) is 0 Å². The summed E-state index contributed by atoms with van der Waals surface area (Å²) in [6, 6.07) is 14.5. The minimum atomic E-state index is -0.127. The van der Waals surface area contributed by atoms with Crippen LogP contribution < -0.4 is 20.1 Å². The summed E-state index contributed by atoms with van der Waals surface area (Å²) in [5, 5.41) is 16.3. The van der Waals surface area contributed by atoms with Crippen LogP contribution in [0.15, 0.2) is 47.5 Å². The van der Waals surface area contributed by atoms with Gasteiger partial charge in [0.05, 0.1) is 25.9 Å². The second-order valence-corrected chi connectivity index (χ2v) is 8.36. The number of ether oxygens (including phenoxy) is 2. The third kappa shape index (κ3) is 6.37. The molecule has 32 heavy (non-hydrogen) atoms. The monoisotopic (exact) mass is 438 g/mol. The number of piperidine rings is 1. The van der Waals surface area contributed by atoms with E-state index in [2.05, 4.69) is 46.7 Å². The number of hydrogen-bond acceptors (Lipinski definition) is 5. The molecule has 2 aromatic carbocycles. The van der Waals surface area contributed by atoms with E-state index in [0.717, 1.165) is 68.6 Å². The quantitative estimate of drug-likeness (QED) is 0.474. The van der Waals surface area contributed by atoms with Gasteiger partial charge in [-0.1, -0.05) is 24.3 Å². The van der Waals surface area contributed by atoms with E-state index in [0.29, 0.717) is 19.8 Å². The van der Waals surface area contributed by atoms with Crippen LogP contribution in [0.4, 0.5) is 5.69 Å². The van der Waals surface area contributed by atoms with Gasteiger partial charge in [0.15, 0.2) is 17.5 Å². The number of benzene rings is 2. The normalized spacial score (nSPS) is 17.6. The van der Waals surface area contributed by atoms with E-state index >= 15 is 0 Å². The molecule has 1 fully saturated rings. The Morgan fingerprint density at radius 3 is 2.50 bits per heavy atom. The molecule has 7 heteroatoms. The molecule has 0 aromatic heterocycles. The van der Waals surface area contributed by atoms with E-state index < -0.39 is 0 Å². The number of likely N-dealkylation sites (tertiary alicyclic amines) is 1. The maximum absolute atomic E-state index is 9.67. The van der Waals surface area contributed by atoms with Crippen molar-refractivity contribution in [2.24, 2.45) is 4.99 Å². The molecular formula is C25H34N4O3. The van der Waals surface area contributed by atoms with Crippen LogP contribution in [0.2, 0.25) is 0 Å². The largest absolute Gasteiger partial charge is 0.490 e. The molecule has 0 unspecified atom stereocenters. The number of rotatable bonds is 6. The maximum Gasteiger partial charge on any atom is 0.196 e. The molecule has 1 saturated heterocycles. The summed E-state index contributed by atoms with van der Waals surface area (Å²) in [6.45, 7) is 7.64. The number of fused-ring (bicyclic) bond motifs is 1. The van der Waals surface area contributed by atoms with Gasteiger partial charge >= 0.3 is 0 Å². The third-order valence-electron chi connectivity index (χ3n) is 5.76. The Balaban J connectivity index is 1.35. The van der Waals surface area contributed by atoms with Gasteiger partial charge in [0, 0.05) is 44.4 Å². The molecule has 0 spiro atoms. The van der Waals surface area contributed by atoms with Gasteiger partial charge in [0.2, 0.25) is 0 Å². The van der Waals surface area contributed by atoms with Crippen LogP contribution in [0.25, 0.3) is 0 Å². The van der Waals surface area contributed by atoms with Crippen LogP contribution in [-0.4, -0.2) is 54.9 Å². The molecule has 172 valence electrons. The molecule has 0 bridgehead atoms. The first kappa shape index (κ1) is 22.4. The Hall–Kier alpha value is -2.77. The predicted molar refractivity (Wildman–Crippen MR) is 127 cm³/mol. The smallest absolute Gasteiger partial charge is 0.196 e. The fourth-order valence-corrected chi connectivity index (χ4v) is 3.94. The highest BCUT2D eigenvalue weighted by molar-refractivity contribution is 5.93. The number of guanidine groups is 1. The first-order valence-corrected chi connectivity index (χ1v) is 11.6. The molecule has 0 aliphatic carbocycles. The van der Waals surface area contributed by atoms with Crippen LogP contribution in [0.3, 0.4) is 0 Å². The number of anilines is 1. The summed E-state index contributed by atoms with van der Waals surface area (Å²) in [7, 11) is 0. The van der Waals surface area contributed by atoms with Gasteiger partial charge in [-0.2, -0.15) is 0 Å². The Labute approximate surface area is 190 Å². The van der Waals surface area contributed by atoms with Gasteiger partial charge in [-0.3, -0.25) is 4.90 Å². The second-order valence-electron chi connectivity index (χ2n) is 8.36. The summed E-state index contributed by atoms with van der Waals surface area (Å²) in [6.07, 6.45) is 2.51. The number of aliphatic imine (C=N–C) groups is 1.